The number of carbonyl (C=O) groups is 1. The van der Waals surface area contributed by atoms with Crippen molar-refractivity contribution in [2.45, 2.75) is 39.4 Å². The van der Waals surface area contributed by atoms with E-state index in [0.29, 0.717) is 25.1 Å². The van der Waals surface area contributed by atoms with Gasteiger partial charge in [0.2, 0.25) is 5.91 Å². The number of halogens is 3. The van der Waals surface area contributed by atoms with Crippen molar-refractivity contribution in [3.05, 3.63) is 46.8 Å². The lowest BCUT2D eigenvalue weighted by molar-refractivity contribution is -0.153. The Morgan fingerprint density at radius 3 is 2.48 bits per heavy atom. The molecule has 0 fully saturated rings. The molecule has 2 aromatic rings. The Labute approximate surface area is 143 Å². The summed E-state index contributed by atoms with van der Waals surface area (Å²) in [5, 5.41) is 6.60. The number of hydrogen-bond acceptors (Lipinski definition) is 4. The Morgan fingerprint density at radius 1 is 1.24 bits per heavy atom. The summed E-state index contributed by atoms with van der Waals surface area (Å²) in [5.41, 5.74) is 2.48. The summed E-state index contributed by atoms with van der Waals surface area (Å²) >= 11 is 0. The molecule has 0 aliphatic carbocycles. The number of hydrogen-bond donors (Lipinski definition) is 1. The predicted molar refractivity (Wildman–Crippen MR) is 84.1 cm³/mol. The standard InChI is InChI=1S/C17H19F3N2O3/c1-11-15(12(2)25-22-11)7-8-16(23)21-9-13-3-5-14(6-4-13)24-10-17(18,19)20/h3-6H,7-10H2,1-2H3,(H,21,23). The Balaban J connectivity index is 1.76. The second-order valence-corrected chi connectivity index (χ2v) is 5.63. The summed E-state index contributed by atoms with van der Waals surface area (Å²) in [5.74, 6) is 0.711. The maximum absolute atomic E-state index is 12.1. The molecule has 1 N–H and O–H groups in total. The Bertz CT molecular complexity index is 689. The number of aryl methyl sites for hydroxylation is 2. The average Bonchev–Trinajstić information content (AvgIpc) is 2.87. The molecule has 1 aromatic heterocycles. The van der Waals surface area contributed by atoms with Crippen LogP contribution in [0.2, 0.25) is 0 Å². The zero-order chi connectivity index (χ0) is 18.4. The summed E-state index contributed by atoms with van der Waals surface area (Å²) in [6, 6.07) is 6.11. The van der Waals surface area contributed by atoms with Crippen LogP contribution in [-0.4, -0.2) is 23.8 Å². The first-order chi connectivity index (χ1) is 11.7. The third-order valence-corrected chi connectivity index (χ3v) is 3.60. The Morgan fingerprint density at radius 2 is 1.92 bits per heavy atom. The monoisotopic (exact) mass is 356 g/mol. The van der Waals surface area contributed by atoms with E-state index in [9.17, 15) is 18.0 Å². The van der Waals surface area contributed by atoms with Gasteiger partial charge in [0.1, 0.15) is 11.5 Å². The molecular formula is C17H19F3N2O3. The minimum absolute atomic E-state index is 0.127. The van der Waals surface area contributed by atoms with Gasteiger partial charge in [0.15, 0.2) is 6.61 Å². The van der Waals surface area contributed by atoms with Crippen molar-refractivity contribution < 1.29 is 27.2 Å². The molecule has 25 heavy (non-hydrogen) atoms. The van der Waals surface area contributed by atoms with E-state index < -0.39 is 12.8 Å². The summed E-state index contributed by atoms with van der Waals surface area (Å²) in [6.45, 7) is 2.59. The van der Waals surface area contributed by atoms with Gasteiger partial charge >= 0.3 is 6.18 Å². The molecule has 0 atom stereocenters. The molecule has 0 saturated carbocycles. The molecule has 0 spiro atoms. The van der Waals surface area contributed by atoms with Gasteiger partial charge in [-0.05, 0) is 38.0 Å². The topological polar surface area (TPSA) is 64.4 Å². The fourth-order valence-corrected chi connectivity index (χ4v) is 2.26. The Hall–Kier alpha value is -2.51. The summed E-state index contributed by atoms with van der Waals surface area (Å²) in [4.78, 5) is 11.9. The van der Waals surface area contributed by atoms with E-state index in [2.05, 4.69) is 15.2 Å². The van der Waals surface area contributed by atoms with E-state index in [0.717, 1.165) is 16.8 Å². The van der Waals surface area contributed by atoms with Gasteiger partial charge in [0.25, 0.3) is 0 Å². The van der Waals surface area contributed by atoms with Gasteiger partial charge in [0.05, 0.1) is 5.69 Å². The zero-order valence-corrected chi connectivity index (χ0v) is 13.9. The van der Waals surface area contributed by atoms with Crippen molar-refractivity contribution in [3.63, 3.8) is 0 Å². The third-order valence-electron chi connectivity index (χ3n) is 3.60. The van der Waals surface area contributed by atoms with Crippen LogP contribution < -0.4 is 10.1 Å². The number of ether oxygens (including phenoxy) is 1. The number of rotatable bonds is 7. The summed E-state index contributed by atoms with van der Waals surface area (Å²) in [6.07, 6.45) is -3.53. The lowest BCUT2D eigenvalue weighted by atomic mass is 10.1. The number of nitrogens with zero attached hydrogens (tertiary/aromatic N) is 1. The minimum Gasteiger partial charge on any atom is -0.484 e. The van der Waals surface area contributed by atoms with E-state index in [1.165, 1.54) is 12.1 Å². The quantitative estimate of drug-likeness (QED) is 0.825. The van der Waals surface area contributed by atoms with Gasteiger partial charge in [-0.25, -0.2) is 0 Å². The second kappa shape index (κ2) is 8.04. The van der Waals surface area contributed by atoms with Gasteiger partial charge in [-0.2, -0.15) is 13.2 Å². The van der Waals surface area contributed by atoms with Crippen LogP contribution in [0.4, 0.5) is 13.2 Å². The number of benzene rings is 1. The number of nitrogens with one attached hydrogen (secondary N) is 1. The molecular weight excluding hydrogens is 337 g/mol. The van der Waals surface area contributed by atoms with Crippen LogP contribution in [0.1, 0.15) is 29.0 Å². The lowest BCUT2D eigenvalue weighted by Crippen LogP contribution is -2.23. The summed E-state index contributed by atoms with van der Waals surface area (Å²) < 4.78 is 45.9. The van der Waals surface area contributed by atoms with E-state index in [4.69, 9.17) is 4.52 Å². The highest BCUT2D eigenvalue weighted by atomic mass is 19.4. The largest absolute Gasteiger partial charge is 0.484 e. The van der Waals surface area contributed by atoms with Crippen molar-refractivity contribution in [1.82, 2.24) is 10.5 Å². The Kier molecular flexibility index (Phi) is 6.06. The number of alkyl halides is 3. The molecule has 136 valence electrons. The molecule has 5 nitrogen and oxygen atoms in total. The molecule has 0 radical (unpaired) electrons. The van der Waals surface area contributed by atoms with Crippen molar-refractivity contribution >= 4 is 5.91 Å². The molecule has 0 aliphatic heterocycles. The first kappa shape index (κ1) is 18.8. The van der Waals surface area contributed by atoms with Crippen LogP contribution in [0.5, 0.6) is 5.75 Å². The van der Waals surface area contributed by atoms with Crippen molar-refractivity contribution in [2.24, 2.45) is 0 Å². The lowest BCUT2D eigenvalue weighted by Gasteiger charge is -2.10. The molecule has 2 rings (SSSR count). The summed E-state index contributed by atoms with van der Waals surface area (Å²) in [7, 11) is 0. The number of aromatic nitrogens is 1. The number of amides is 1. The average molecular weight is 356 g/mol. The molecule has 1 heterocycles. The molecule has 0 aliphatic rings. The second-order valence-electron chi connectivity index (χ2n) is 5.63. The van der Waals surface area contributed by atoms with Crippen LogP contribution in [-0.2, 0) is 17.8 Å². The maximum atomic E-state index is 12.1. The van der Waals surface area contributed by atoms with E-state index in [-0.39, 0.29) is 11.7 Å². The molecule has 0 saturated heterocycles. The molecule has 0 bridgehead atoms. The van der Waals surface area contributed by atoms with E-state index in [1.807, 2.05) is 6.92 Å². The van der Waals surface area contributed by atoms with Gasteiger partial charge in [-0.3, -0.25) is 4.79 Å². The molecule has 1 aromatic carbocycles. The zero-order valence-electron chi connectivity index (χ0n) is 13.9. The molecule has 1 amide bonds. The van der Waals surface area contributed by atoms with E-state index >= 15 is 0 Å². The smallest absolute Gasteiger partial charge is 0.422 e. The highest BCUT2D eigenvalue weighted by Gasteiger charge is 2.28. The predicted octanol–water partition coefficient (Wildman–Crippen LogP) is 3.48. The maximum Gasteiger partial charge on any atom is 0.422 e. The SMILES string of the molecule is Cc1noc(C)c1CCC(=O)NCc1ccc(OCC(F)(F)F)cc1. The highest BCUT2D eigenvalue weighted by molar-refractivity contribution is 5.76. The van der Waals surface area contributed by atoms with Crippen LogP contribution >= 0.6 is 0 Å². The van der Waals surface area contributed by atoms with Gasteiger partial charge in [-0.1, -0.05) is 17.3 Å². The van der Waals surface area contributed by atoms with Gasteiger partial charge in [0, 0.05) is 18.5 Å². The highest BCUT2D eigenvalue weighted by Crippen LogP contribution is 2.19. The van der Waals surface area contributed by atoms with Crippen LogP contribution in [0.3, 0.4) is 0 Å². The van der Waals surface area contributed by atoms with Crippen molar-refractivity contribution in [1.29, 1.82) is 0 Å². The van der Waals surface area contributed by atoms with Crippen molar-refractivity contribution in [3.8, 4) is 5.75 Å². The minimum atomic E-state index is -4.37. The van der Waals surface area contributed by atoms with Gasteiger partial charge in [-0.15, -0.1) is 0 Å². The molecule has 0 unspecified atom stereocenters. The first-order valence-electron chi connectivity index (χ1n) is 7.71. The fourth-order valence-electron chi connectivity index (χ4n) is 2.26. The molecule has 8 heteroatoms. The normalized spacial score (nSPS) is 11.4. The third kappa shape index (κ3) is 6.13. The van der Waals surface area contributed by atoms with Crippen LogP contribution in [0.15, 0.2) is 28.8 Å². The van der Waals surface area contributed by atoms with E-state index in [1.54, 1.807) is 19.1 Å². The first-order valence-corrected chi connectivity index (χ1v) is 7.71. The number of carbonyl (C=O) groups excluding carboxylic acids is 1. The van der Waals surface area contributed by atoms with Gasteiger partial charge < -0.3 is 14.6 Å². The van der Waals surface area contributed by atoms with Crippen LogP contribution in [0, 0.1) is 13.8 Å². The fraction of sp³-hybridized carbons (Fsp3) is 0.412. The van der Waals surface area contributed by atoms with Crippen LogP contribution in [0.25, 0.3) is 0 Å². The van der Waals surface area contributed by atoms with Crippen molar-refractivity contribution in [2.75, 3.05) is 6.61 Å².